The van der Waals surface area contributed by atoms with E-state index in [1.165, 1.54) is 11.8 Å². The summed E-state index contributed by atoms with van der Waals surface area (Å²) in [6.07, 6.45) is 1.52. The second-order valence-corrected chi connectivity index (χ2v) is 7.46. The quantitative estimate of drug-likeness (QED) is 0.364. The van der Waals surface area contributed by atoms with Crippen LogP contribution in [0.25, 0.3) is 0 Å². The van der Waals surface area contributed by atoms with Crippen LogP contribution in [0.5, 0.6) is 11.5 Å². The molecule has 0 radical (unpaired) electrons. The Kier molecular flexibility index (Phi) is 7.68. The predicted molar refractivity (Wildman–Crippen MR) is 124 cm³/mol. The minimum absolute atomic E-state index is 0.275. The van der Waals surface area contributed by atoms with Gasteiger partial charge in [0.15, 0.2) is 11.5 Å². The molecule has 5 nitrogen and oxygen atoms in total. The molecule has 0 aromatic heterocycles. The molecule has 3 rings (SSSR count). The van der Waals surface area contributed by atoms with Crippen molar-refractivity contribution < 1.29 is 14.3 Å². The van der Waals surface area contributed by atoms with Gasteiger partial charge in [-0.3, -0.25) is 4.79 Å². The molecule has 1 amide bonds. The number of nitrogens with zero attached hydrogens (tertiary/aromatic N) is 1. The van der Waals surface area contributed by atoms with Crippen LogP contribution >= 0.6 is 11.6 Å². The molecule has 3 aromatic carbocycles. The zero-order valence-electron chi connectivity index (χ0n) is 17.8. The number of benzene rings is 3. The van der Waals surface area contributed by atoms with Gasteiger partial charge in [-0.05, 0) is 55.7 Å². The van der Waals surface area contributed by atoms with E-state index in [-0.39, 0.29) is 5.91 Å². The second kappa shape index (κ2) is 10.6. The van der Waals surface area contributed by atoms with E-state index in [4.69, 9.17) is 21.1 Å². The number of halogens is 1. The molecule has 0 heterocycles. The number of hydrogen-bond donors (Lipinski definition) is 1. The summed E-state index contributed by atoms with van der Waals surface area (Å²) in [7, 11) is 0. The monoisotopic (exact) mass is 436 g/mol. The van der Waals surface area contributed by atoms with Gasteiger partial charge in [-0.25, -0.2) is 5.43 Å². The molecule has 0 unspecified atom stereocenters. The molecule has 1 N–H and O–H groups in total. The third kappa shape index (κ3) is 6.09. The number of amides is 1. The average molecular weight is 437 g/mol. The maximum absolute atomic E-state index is 12.3. The Labute approximate surface area is 187 Å². The fourth-order valence-corrected chi connectivity index (χ4v) is 3.23. The second-order valence-electron chi connectivity index (χ2n) is 7.05. The van der Waals surface area contributed by atoms with E-state index in [1.807, 2.05) is 63.2 Å². The number of carbonyl (C=O) groups excluding carboxylic acids is 1. The van der Waals surface area contributed by atoms with Crippen molar-refractivity contribution in [2.45, 2.75) is 27.4 Å². The fourth-order valence-electron chi connectivity index (χ4n) is 2.96. The SMILES string of the molecule is CCOc1cc(/C=N\NC(=O)c2ccccc2C)cc(Cl)c1OCc1ccc(C)cc1. The topological polar surface area (TPSA) is 59.9 Å². The van der Waals surface area contributed by atoms with Crippen LogP contribution in [0.1, 0.15) is 39.5 Å². The van der Waals surface area contributed by atoms with Crippen molar-refractivity contribution in [1.29, 1.82) is 0 Å². The molecule has 0 atom stereocenters. The molecule has 0 saturated heterocycles. The minimum Gasteiger partial charge on any atom is -0.490 e. The summed E-state index contributed by atoms with van der Waals surface area (Å²) in [4.78, 5) is 12.3. The van der Waals surface area contributed by atoms with Crippen molar-refractivity contribution >= 4 is 23.7 Å². The Morgan fingerprint density at radius 1 is 1.06 bits per heavy atom. The summed E-state index contributed by atoms with van der Waals surface area (Å²) in [5.41, 5.74) is 6.91. The summed E-state index contributed by atoms with van der Waals surface area (Å²) in [6.45, 7) is 6.64. The molecule has 0 fully saturated rings. The van der Waals surface area contributed by atoms with E-state index in [2.05, 4.69) is 10.5 Å². The highest BCUT2D eigenvalue weighted by Crippen LogP contribution is 2.37. The van der Waals surface area contributed by atoms with E-state index in [9.17, 15) is 4.79 Å². The lowest BCUT2D eigenvalue weighted by molar-refractivity contribution is 0.0954. The lowest BCUT2D eigenvalue weighted by atomic mass is 10.1. The molecule has 31 heavy (non-hydrogen) atoms. The Bertz CT molecular complexity index is 1080. The number of rotatable bonds is 8. The molecular formula is C25H25ClN2O3. The van der Waals surface area contributed by atoms with Crippen LogP contribution in [0.15, 0.2) is 65.8 Å². The first-order chi connectivity index (χ1) is 15.0. The van der Waals surface area contributed by atoms with E-state index in [0.29, 0.717) is 40.9 Å². The van der Waals surface area contributed by atoms with E-state index in [0.717, 1.165) is 11.1 Å². The van der Waals surface area contributed by atoms with Crippen molar-refractivity contribution in [2.24, 2.45) is 5.10 Å². The molecule has 0 saturated carbocycles. The van der Waals surface area contributed by atoms with Crippen molar-refractivity contribution in [2.75, 3.05) is 6.61 Å². The smallest absolute Gasteiger partial charge is 0.271 e. The van der Waals surface area contributed by atoms with Crippen LogP contribution in [-0.2, 0) is 6.61 Å². The molecule has 160 valence electrons. The zero-order valence-corrected chi connectivity index (χ0v) is 18.6. The van der Waals surface area contributed by atoms with Gasteiger partial charge in [0.25, 0.3) is 5.91 Å². The van der Waals surface area contributed by atoms with Gasteiger partial charge < -0.3 is 9.47 Å². The van der Waals surface area contributed by atoms with Gasteiger partial charge in [0.05, 0.1) is 17.8 Å². The van der Waals surface area contributed by atoms with Crippen LogP contribution in [0.4, 0.5) is 0 Å². The minimum atomic E-state index is -0.275. The van der Waals surface area contributed by atoms with Crippen LogP contribution in [-0.4, -0.2) is 18.7 Å². The van der Waals surface area contributed by atoms with E-state index in [1.54, 1.807) is 18.2 Å². The number of hydrogen-bond acceptors (Lipinski definition) is 4. The highest BCUT2D eigenvalue weighted by molar-refractivity contribution is 6.32. The Balaban J connectivity index is 1.73. The summed E-state index contributed by atoms with van der Waals surface area (Å²) in [5.74, 6) is 0.725. The largest absolute Gasteiger partial charge is 0.490 e. The first-order valence-electron chi connectivity index (χ1n) is 10.0. The van der Waals surface area contributed by atoms with E-state index >= 15 is 0 Å². The molecule has 3 aromatic rings. The van der Waals surface area contributed by atoms with Crippen LogP contribution in [0.2, 0.25) is 5.02 Å². The van der Waals surface area contributed by atoms with Crippen molar-refractivity contribution in [1.82, 2.24) is 5.43 Å². The number of ether oxygens (including phenoxy) is 2. The lowest BCUT2D eigenvalue weighted by Gasteiger charge is -2.14. The van der Waals surface area contributed by atoms with Crippen LogP contribution in [0, 0.1) is 13.8 Å². The maximum Gasteiger partial charge on any atom is 0.271 e. The first-order valence-corrected chi connectivity index (χ1v) is 10.4. The van der Waals surface area contributed by atoms with Crippen molar-refractivity contribution in [3.8, 4) is 11.5 Å². The summed E-state index contributed by atoms with van der Waals surface area (Å²) in [6, 6.07) is 18.9. The first kappa shape index (κ1) is 22.4. The third-order valence-corrected chi connectivity index (χ3v) is 4.89. The molecule has 0 aliphatic heterocycles. The summed E-state index contributed by atoms with van der Waals surface area (Å²) >= 11 is 6.47. The summed E-state index contributed by atoms with van der Waals surface area (Å²) in [5, 5.41) is 4.46. The molecule has 6 heteroatoms. The van der Waals surface area contributed by atoms with Gasteiger partial charge in [0, 0.05) is 5.56 Å². The van der Waals surface area contributed by atoms with Crippen LogP contribution in [0.3, 0.4) is 0 Å². The van der Waals surface area contributed by atoms with Gasteiger partial charge in [0.1, 0.15) is 6.61 Å². The normalized spacial score (nSPS) is 10.8. The van der Waals surface area contributed by atoms with E-state index < -0.39 is 0 Å². The fraction of sp³-hybridized carbons (Fsp3) is 0.200. The third-order valence-electron chi connectivity index (χ3n) is 4.60. The Morgan fingerprint density at radius 2 is 1.81 bits per heavy atom. The standard InChI is InChI=1S/C25H25ClN2O3/c1-4-30-23-14-20(15-27-28-25(29)21-8-6-5-7-18(21)3)13-22(26)24(23)31-16-19-11-9-17(2)10-12-19/h5-15H,4,16H2,1-3H3,(H,28,29)/b27-15-. The molecule has 0 bridgehead atoms. The molecular weight excluding hydrogens is 412 g/mol. The lowest BCUT2D eigenvalue weighted by Crippen LogP contribution is -2.18. The van der Waals surface area contributed by atoms with Gasteiger partial charge in [-0.2, -0.15) is 5.10 Å². The highest BCUT2D eigenvalue weighted by atomic mass is 35.5. The zero-order chi connectivity index (χ0) is 22.2. The Hall–Kier alpha value is -3.31. The number of nitrogens with one attached hydrogen (secondary N) is 1. The number of hydrazone groups is 1. The summed E-state index contributed by atoms with van der Waals surface area (Å²) < 4.78 is 11.7. The number of aryl methyl sites for hydroxylation is 2. The maximum atomic E-state index is 12.3. The van der Waals surface area contributed by atoms with Crippen molar-refractivity contribution in [3.05, 3.63) is 93.5 Å². The Morgan fingerprint density at radius 3 is 2.52 bits per heavy atom. The predicted octanol–water partition coefficient (Wildman–Crippen LogP) is 5.70. The van der Waals surface area contributed by atoms with Crippen LogP contribution < -0.4 is 14.9 Å². The molecule has 0 aliphatic carbocycles. The van der Waals surface area contributed by atoms with Gasteiger partial charge in [-0.1, -0.05) is 59.6 Å². The molecule has 0 aliphatic rings. The van der Waals surface area contributed by atoms with Crippen molar-refractivity contribution in [3.63, 3.8) is 0 Å². The molecule has 0 spiro atoms. The number of carbonyl (C=O) groups is 1. The van der Waals surface area contributed by atoms with Gasteiger partial charge >= 0.3 is 0 Å². The van der Waals surface area contributed by atoms with Gasteiger partial charge in [0.2, 0.25) is 0 Å². The highest BCUT2D eigenvalue weighted by Gasteiger charge is 2.13. The average Bonchev–Trinajstić information content (AvgIpc) is 2.75. The van der Waals surface area contributed by atoms with Gasteiger partial charge in [-0.15, -0.1) is 0 Å².